The van der Waals surface area contributed by atoms with E-state index in [4.69, 9.17) is 14.7 Å². The van der Waals surface area contributed by atoms with Crippen molar-refractivity contribution in [1.29, 1.82) is 5.26 Å². The number of allylic oxidation sites excluding steroid dienone is 2. The second-order valence-electron chi connectivity index (χ2n) is 2.26. The Labute approximate surface area is 66.2 Å². The van der Waals surface area contributed by atoms with Gasteiger partial charge in [-0.1, -0.05) is 0 Å². The lowest BCUT2D eigenvalue weighted by Crippen LogP contribution is -2.19. The van der Waals surface area contributed by atoms with Crippen LogP contribution in [-0.4, -0.2) is 12.9 Å². The summed E-state index contributed by atoms with van der Waals surface area (Å²) < 4.78 is 10.4. The average molecular weight is 153 g/mol. The maximum absolute atomic E-state index is 8.48. The molecule has 0 bridgehead atoms. The summed E-state index contributed by atoms with van der Waals surface area (Å²) in [7, 11) is 0. The second kappa shape index (κ2) is 3.99. The van der Waals surface area contributed by atoms with Crippen LogP contribution in [0.25, 0.3) is 0 Å². The molecule has 0 N–H and O–H groups in total. The summed E-state index contributed by atoms with van der Waals surface area (Å²) in [6, 6.07) is 1.95. The molecule has 0 aromatic rings. The van der Waals surface area contributed by atoms with Gasteiger partial charge in [-0.15, -0.1) is 0 Å². The van der Waals surface area contributed by atoms with Crippen molar-refractivity contribution in [2.45, 2.75) is 26.1 Å². The van der Waals surface area contributed by atoms with Crippen LogP contribution < -0.4 is 0 Å². The highest BCUT2D eigenvalue weighted by Gasteiger charge is 2.15. The SMILES string of the molecule is CCO[C@H]1CCC=C(C#N)O1. The number of rotatable bonds is 2. The Kier molecular flexibility index (Phi) is 2.94. The van der Waals surface area contributed by atoms with E-state index in [0.717, 1.165) is 12.8 Å². The molecular formula is C8H11NO2. The Balaban J connectivity index is 2.41. The summed E-state index contributed by atoms with van der Waals surface area (Å²) in [5.41, 5.74) is 0. The van der Waals surface area contributed by atoms with Crippen molar-refractivity contribution in [3.8, 4) is 6.07 Å². The zero-order valence-corrected chi connectivity index (χ0v) is 6.54. The molecule has 0 amide bonds. The molecule has 3 heteroatoms. The summed E-state index contributed by atoms with van der Waals surface area (Å²) in [6.07, 6.45) is 3.29. The summed E-state index contributed by atoms with van der Waals surface area (Å²) in [6.45, 7) is 2.54. The van der Waals surface area contributed by atoms with Crippen molar-refractivity contribution in [3.63, 3.8) is 0 Å². The Morgan fingerprint density at radius 1 is 1.91 bits per heavy atom. The van der Waals surface area contributed by atoms with Gasteiger partial charge in [-0.3, -0.25) is 0 Å². The van der Waals surface area contributed by atoms with Crippen molar-refractivity contribution in [3.05, 3.63) is 11.8 Å². The standard InChI is InChI=1S/C8H11NO2/c1-2-10-8-5-3-4-7(6-9)11-8/h4,8H,2-3,5H2,1H3/t8-/m1/s1. The van der Waals surface area contributed by atoms with Crippen LogP contribution in [0, 0.1) is 11.3 Å². The van der Waals surface area contributed by atoms with Crippen molar-refractivity contribution >= 4 is 0 Å². The first-order chi connectivity index (χ1) is 5.36. The van der Waals surface area contributed by atoms with Crippen LogP contribution in [0.15, 0.2) is 11.8 Å². The Morgan fingerprint density at radius 3 is 3.36 bits per heavy atom. The Bertz CT molecular complexity index is 193. The lowest BCUT2D eigenvalue weighted by Gasteiger charge is -2.20. The Hall–Kier alpha value is -1.01. The van der Waals surface area contributed by atoms with Gasteiger partial charge in [0, 0.05) is 13.0 Å². The largest absolute Gasteiger partial charge is 0.455 e. The number of nitrogens with zero attached hydrogens (tertiary/aromatic N) is 1. The van der Waals surface area contributed by atoms with Gasteiger partial charge in [-0.25, -0.2) is 0 Å². The van der Waals surface area contributed by atoms with Crippen molar-refractivity contribution in [2.75, 3.05) is 6.61 Å². The van der Waals surface area contributed by atoms with Gasteiger partial charge in [0.05, 0.1) is 0 Å². The molecule has 0 unspecified atom stereocenters. The van der Waals surface area contributed by atoms with E-state index in [1.54, 1.807) is 6.08 Å². The van der Waals surface area contributed by atoms with E-state index in [-0.39, 0.29) is 6.29 Å². The fourth-order valence-corrected chi connectivity index (χ4v) is 0.974. The molecule has 60 valence electrons. The molecule has 0 radical (unpaired) electrons. The topological polar surface area (TPSA) is 42.2 Å². The molecular weight excluding hydrogens is 142 g/mol. The minimum absolute atomic E-state index is 0.209. The molecule has 11 heavy (non-hydrogen) atoms. The lowest BCUT2D eigenvalue weighted by atomic mass is 10.2. The monoisotopic (exact) mass is 153 g/mol. The van der Waals surface area contributed by atoms with Gasteiger partial charge in [0.25, 0.3) is 0 Å². The molecule has 1 rings (SSSR count). The fraction of sp³-hybridized carbons (Fsp3) is 0.625. The van der Waals surface area contributed by atoms with Crippen LogP contribution in [-0.2, 0) is 9.47 Å². The van der Waals surface area contributed by atoms with Crippen LogP contribution in [0.3, 0.4) is 0 Å². The van der Waals surface area contributed by atoms with Crippen LogP contribution in [0.1, 0.15) is 19.8 Å². The molecule has 0 saturated carbocycles. The quantitative estimate of drug-likeness (QED) is 0.604. The number of nitriles is 1. The van der Waals surface area contributed by atoms with E-state index in [9.17, 15) is 0 Å². The molecule has 1 atom stereocenters. The second-order valence-corrected chi connectivity index (χ2v) is 2.26. The van der Waals surface area contributed by atoms with Gasteiger partial charge in [0.2, 0.25) is 6.29 Å². The summed E-state index contributed by atoms with van der Waals surface area (Å²) >= 11 is 0. The highest BCUT2D eigenvalue weighted by atomic mass is 16.7. The van der Waals surface area contributed by atoms with Crippen LogP contribution in [0.2, 0.25) is 0 Å². The van der Waals surface area contributed by atoms with Gasteiger partial charge >= 0.3 is 0 Å². The van der Waals surface area contributed by atoms with Gasteiger partial charge in [-0.05, 0) is 19.4 Å². The zero-order chi connectivity index (χ0) is 8.10. The van der Waals surface area contributed by atoms with Crippen LogP contribution in [0.5, 0.6) is 0 Å². The number of ether oxygens (including phenoxy) is 2. The molecule has 3 nitrogen and oxygen atoms in total. The molecule has 0 fully saturated rings. The maximum atomic E-state index is 8.48. The first-order valence-electron chi connectivity index (χ1n) is 3.75. The first kappa shape index (κ1) is 8.09. The summed E-state index contributed by atoms with van der Waals surface area (Å²) in [5.74, 6) is 0.384. The highest BCUT2D eigenvalue weighted by molar-refractivity contribution is 5.14. The normalized spacial score (nSPS) is 23.3. The minimum atomic E-state index is -0.209. The Morgan fingerprint density at radius 2 is 2.73 bits per heavy atom. The molecule has 0 aliphatic carbocycles. The van der Waals surface area contributed by atoms with Crippen molar-refractivity contribution in [1.82, 2.24) is 0 Å². The third-order valence-electron chi connectivity index (χ3n) is 1.45. The predicted molar refractivity (Wildman–Crippen MR) is 39.4 cm³/mol. The van der Waals surface area contributed by atoms with Gasteiger partial charge in [-0.2, -0.15) is 5.26 Å². The molecule has 1 aliphatic rings. The summed E-state index contributed by atoms with van der Waals surface area (Å²) in [5, 5.41) is 8.48. The summed E-state index contributed by atoms with van der Waals surface area (Å²) in [4.78, 5) is 0. The van der Waals surface area contributed by atoms with E-state index in [2.05, 4.69) is 0 Å². The van der Waals surface area contributed by atoms with E-state index in [1.165, 1.54) is 0 Å². The number of hydrogen-bond donors (Lipinski definition) is 0. The third kappa shape index (κ3) is 2.24. The maximum Gasteiger partial charge on any atom is 0.201 e. The van der Waals surface area contributed by atoms with Gasteiger partial charge in [0.15, 0.2) is 5.76 Å². The smallest absolute Gasteiger partial charge is 0.201 e. The van der Waals surface area contributed by atoms with Crippen LogP contribution in [0.4, 0.5) is 0 Å². The molecule has 0 saturated heterocycles. The molecule has 1 heterocycles. The average Bonchev–Trinajstić information content (AvgIpc) is 2.06. The van der Waals surface area contributed by atoms with Crippen molar-refractivity contribution < 1.29 is 9.47 Å². The zero-order valence-electron chi connectivity index (χ0n) is 6.54. The van der Waals surface area contributed by atoms with E-state index in [0.29, 0.717) is 12.4 Å². The number of hydrogen-bond acceptors (Lipinski definition) is 3. The third-order valence-corrected chi connectivity index (χ3v) is 1.45. The fourth-order valence-electron chi connectivity index (χ4n) is 0.974. The highest BCUT2D eigenvalue weighted by Crippen LogP contribution is 2.16. The molecule has 0 aromatic carbocycles. The first-order valence-corrected chi connectivity index (χ1v) is 3.75. The van der Waals surface area contributed by atoms with Crippen LogP contribution >= 0.6 is 0 Å². The van der Waals surface area contributed by atoms with E-state index >= 15 is 0 Å². The molecule has 0 aromatic heterocycles. The van der Waals surface area contributed by atoms with Gasteiger partial charge in [0.1, 0.15) is 6.07 Å². The molecule has 0 spiro atoms. The van der Waals surface area contributed by atoms with E-state index < -0.39 is 0 Å². The minimum Gasteiger partial charge on any atom is -0.455 e. The van der Waals surface area contributed by atoms with Gasteiger partial charge < -0.3 is 9.47 Å². The van der Waals surface area contributed by atoms with E-state index in [1.807, 2.05) is 13.0 Å². The predicted octanol–water partition coefficient (Wildman–Crippen LogP) is 1.57. The van der Waals surface area contributed by atoms with Crippen molar-refractivity contribution in [2.24, 2.45) is 0 Å². The lowest BCUT2D eigenvalue weighted by molar-refractivity contribution is -0.118. The molecule has 1 aliphatic heterocycles.